The predicted octanol–water partition coefficient (Wildman–Crippen LogP) is 4.19. The number of hydrogen-bond acceptors (Lipinski definition) is 8. The number of oxime groups is 1. The highest BCUT2D eigenvalue weighted by Crippen LogP contribution is 2.20. The van der Waals surface area contributed by atoms with Crippen LogP contribution in [0.2, 0.25) is 0 Å². The fourth-order valence-corrected chi connectivity index (χ4v) is 3.17. The monoisotopic (exact) mass is 482 g/mol. The maximum Gasteiger partial charge on any atom is 0.324 e. The number of nitrogens with zero attached hydrogens (tertiary/aromatic N) is 1. The first-order chi connectivity index (χ1) is 17.0. The molecule has 184 valence electrons. The smallest absolute Gasteiger partial charge is 0.324 e. The molecule has 0 saturated heterocycles. The van der Waals surface area contributed by atoms with E-state index in [1.807, 2.05) is 48.5 Å². The van der Waals surface area contributed by atoms with Crippen LogP contribution in [0.25, 0.3) is 0 Å². The van der Waals surface area contributed by atoms with E-state index in [9.17, 15) is 9.18 Å². The third-order valence-electron chi connectivity index (χ3n) is 5.08. The number of benzene rings is 3. The molecule has 0 aliphatic heterocycles. The summed E-state index contributed by atoms with van der Waals surface area (Å²) in [5, 5.41) is 4.06. The number of carbonyl (C=O) groups is 1. The van der Waals surface area contributed by atoms with Crippen LogP contribution in [0.1, 0.15) is 23.1 Å². The van der Waals surface area contributed by atoms with Crippen LogP contribution in [0, 0.1) is 5.82 Å². The van der Waals surface area contributed by atoms with Crippen LogP contribution in [-0.4, -0.2) is 32.5 Å². The topological polar surface area (TPSA) is 102 Å². The van der Waals surface area contributed by atoms with E-state index in [0.717, 1.165) is 16.9 Å². The summed E-state index contributed by atoms with van der Waals surface area (Å²) in [5.74, 6) is 5.52. The number of halogens is 1. The minimum Gasteiger partial charge on any atom is -0.497 e. The summed E-state index contributed by atoms with van der Waals surface area (Å²) >= 11 is 0. The first-order valence-electron chi connectivity index (χ1n) is 10.8. The maximum absolute atomic E-state index is 14.2. The fourth-order valence-electron chi connectivity index (χ4n) is 3.17. The summed E-state index contributed by atoms with van der Waals surface area (Å²) in [4.78, 5) is 20.2. The zero-order chi connectivity index (χ0) is 25.0. The van der Waals surface area contributed by atoms with Gasteiger partial charge in [-0.15, -0.1) is 0 Å². The van der Waals surface area contributed by atoms with Gasteiger partial charge in [0.15, 0.2) is 0 Å². The summed E-state index contributed by atoms with van der Waals surface area (Å²) < 4.78 is 31.0. The Bertz CT molecular complexity index is 1130. The Morgan fingerprint density at radius 1 is 0.914 bits per heavy atom. The van der Waals surface area contributed by atoms with Crippen molar-refractivity contribution in [1.29, 1.82) is 0 Å². The summed E-state index contributed by atoms with van der Waals surface area (Å²) in [6.45, 7) is 0.464. The lowest BCUT2D eigenvalue weighted by molar-refractivity contribution is -0.144. The van der Waals surface area contributed by atoms with Crippen molar-refractivity contribution in [3.8, 4) is 17.2 Å². The van der Waals surface area contributed by atoms with E-state index in [2.05, 4.69) is 9.99 Å². The quantitative estimate of drug-likeness (QED) is 0.305. The molecule has 0 saturated carbocycles. The van der Waals surface area contributed by atoms with Crippen LogP contribution in [0.4, 0.5) is 4.39 Å². The maximum atomic E-state index is 14.2. The Hall–Kier alpha value is -4.11. The van der Waals surface area contributed by atoms with Crippen LogP contribution >= 0.6 is 0 Å². The van der Waals surface area contributed by atoms with E-state index >= 15 is 0 Å². The normalized spacial score (nSPS) is 11.0. The molecule has 2 N–H and O–H groups in total. The van der Waals surface area contributed by atoms with Gasteiger partial charge in [-0.05, 0) is 60.0 Å². The highest BCUT2D eigenvalue weighted by molar-refractivity contribution is 6.01. The zero-order valence-electron chi connectivity index (χ0n) is 19.5. The molecular formula is C26H27FN2O6. The lowest BCUT2D eigenvalue weighted by Crippen LogP contribution is -2.13. The molecule has 0 fully saturated rings. The average Bonchev–Trinajstić information content (AvgIpc) is 2.89. The number of hydrogen-bond donors (Lipinski definition) is 1. The minimum absolute atomic E-state index is 0.000948. The summed E-state index contributed by atoms with van der Waals surface area (Å²) in [6.07, 6.45) is 0.194. The molecular weight excluding hydrogens is 455 g/mol. The van der Waals surface area contributed by atoms with Crippen molar-refractivity contribution in [2.45, 2.75) is 19.4 Å². The van der Waals surface area contributed by atoms with Gasteiger partial charge >= 0.3 is 5.97 Å². The number of rotatable bonds is 12. The number of methoxy groups -OCH3 is 1. The van der Waals surface area contributed by atoms with Gasteiger partial charge in [-0.1, -0.05) is 23.4 Å². The van der Waals surface area contributed by atoms with Crippen LogP contribution in [0.5, 0.6) is 17.2 Å². The van der Waals surface area contributed by atoms with Crippen molar-refractivity contribution >= 4 is 11.7 Å². The van der Waals surface area contributed by atoms with Crippen LogP contribution in [0.15, 0.2) is 71.9 Å². The summed E-state index contributed by atoms with van der Waals surface area (Å²) in [7, 11) is 3.09. The number of ether oxygens (including phenoxy) is 3. The van der Waals surface area contributed by atoms with Gasteiger partial charge in [0, 0.05) is 11.6 Å². The Morgan fingerprint density at radius 3 is 2.23 bits per heavy atom. The van der Waals surface area contributed by atoms with Gasteiger partial charge in [0.05, 0.1) is 13.5 Å². The van der Waals surface area contributed by atoms with Crippen molar-refractivity contribution < 1.29 is 33.1 Å². The Balaban J connectivity index is 1.52. The highest BCUT2D eigenvalue weighted by Gasteiger charge is 2.09. The van der Waals surface area contributed by atoms with Gasteiger partial charge < -0.3 is 23.9 Å². The molecule has 35 heavy (non-hydrogen) atoms. The van der Waals surface area contributed by atoms with Gasteiger partial charge in [-0.3, -0.25) is 4.79 Å². The molecule has 0 aliphatic rings. The summed E-state index contributed by atoms with van der Waals surface area (Å²) in [6, 6.07) is 19.3. The molecule has 0 radical (unpaired) electrons. The number of carbonyl (C=O) groups excluding carboxylic acids is 1. The second-order valence-electron chi connectivity index (χ2n) is 7.41. The van der Waals surface area contributed by atoms with Gasteiger partial charge in [-0.25, -0.2) is 4.39 Å². The SMILES string of the molecule is CO/N=C(\COc1ccc(COc2ccc(CCC(=O)ON)c(F)c2)cc1)c1ccc(OC)cc1. The van der Waals surface area contributed by atoms with Crippen LogP contribution < -0.4 is 20.1 Å². The average molecular weight is 483 g/mol. The first-order valence-corrected chi connectivity index (χ1v) is 10.8. The molecule has 0 spiro atoms. The standard InChI is InChI=1S/C26H27FN2O6/c1-31-21-11-6-20(7-12-21)25(29-32-2)17-34-22-9-3-18(4-10-22)16-33-23-13-5-19(24(27)15-23)8-14-26(30)35-28/h3-7,9-13,15H,8,14,16-17,28H2,1-2H3/b29-25+. The van der Waals surface area contributed by atoms with E-state index in [0.29, 0.717) is 22.8 Å². The van der Waals surface area contributed by atoms with Gasteiger partial charge in [-0.2, -0.15) is 5.90 Å². The molecule has 3 aromatic rings. The number of aryl methyl sites for hydroxylation is 1. The molecule has 8 nitrogen and oxygen atoms in total. The minimum atomic E-state index is -0.597. The molecule has 3 rings (SSSR count). The third-order valence-corrected chi connectivity index (χ3v) is 5.08. The van der Waals surface area contributed by atoms with E-state index in [4.69, 9.17) is 24.9 Å². The van der Waals surface area contributed by atoms with Gasteiger partial charge in [0.1, 0.15) is 49.1 Å². The second-order valence-corrected chi connectivity index (χ2v) is 7.41. The molecule has 0 atom stereocenters. The van der Waals surface area contributed by atoms with Crippen molar-refractivity contribution in [2.75, 3.05) is 20.8 Å². The molecule has 0 aliphatic carbocycles. The first kappa shape index (κ1) is 25.5. The van der Waals surface area contributed by atoms with Crippen molar-refractivity contribution in [3.05, 3.63) is 89.2 Å². The zero-order valence-corrected chi connectivity index (χ0v) is 19.5. The Labute approximate surface area is 203 Å². The molecule has 0 bridgehead atoms. The molecule has 9 heteroatoms. The predicted molar refractivity (Wildman–Crippen MR) is 128 cm³/mol. The lowest BCUT2D eigenvalue weighted by atomic mass is 10.1. The number of nitrogens with two attached hydrogens (primary N) is 1. The van der Waals surface area contributed by atoms with Gasteiger partial charge in [0.25, 0.3) is 0 Å². The van der Waals surface area contributed by atoms with Crippen molar-refractivity contribution in [1.82, 2.24) is 0 Å². The fraction of sp³-hybridized carbons (Fsp3) is 0.231. The Kier molecular flexibility index (Phi) is 9.44. The van der Waals surface area contributed by atoms with Crippen molar-refractivity contribution in [3.63, 3.8) is 0 Å². The lowest BCUT2D eigenvalue weighted by Gasteiger charge is -2.11. The molecule has 3 aromatic carbocycles. The van der Waals surface area contributed by atoms with Gasteiger partial charge in [0.2, 0.25) is 0 Å². The Morgan fingerprint density at radius 2 is 1.60 bits per heavy atom. The molecule has 0 amide bonds. The van der Waals surface area contributed by atoms with Crippen LogP contribution in [0.3, 0.4) is 0 Å². The van der Waals surface area contributed by atoms with E-state index in [1.54, 1.807) is 19.2 Å². The third kappa shape index (κ3) is 7.72. The van der Waals surface area contributed by atoms with E-state index in [1.165, 1.54) is 13.2 Å². The van der Waals surface area contributed by atoms with Crippen LogP contribution in [-0.2, 0) is 27.5 Å². The second kappa shape index (κ2) is 13.0. The highest BCUT2D eigenvalue weighted by atomic mass is 19.1. The van der Waals surface area contributed by atoms with E-state index < -0.39 is 11.8 Å². The molecule has 0 heterocycles. The summed E-state index contributed by atoms with van der Waals surface area (Å²) in [5.41, 5.74) is 2.76. The largest absolute Gasteiger partial charge is 0.497 e. The molecule has 0 aromatic heterocycles. The molecule has 0 unspecified atom stereocenters. The van der Waals surface area contributed by atoms with Crippen molar-refractivity contribution in [2.24, 2.45) is 11.1 Å². The van der Waals surface area contributed by atoms with E-state index in [-0.39, 0.29) is 26.1 Å².